The van der Waals surface area contributed by atoms with Crippen LogP contribution in [-0.2, 0) is 65.4 Å². The topological polar surface area (TPSA) is 237 Å². The minimum Gasteiger partial charge on any atom is -0.462 e. The fourth-order valence-corrected chi connectivity index (χ4v) is 12.4. The quantitative estimate of drug-likeness (QED) is 0.0169. The van der Waals surface area contributed by atoms with Crippen molar-refractivity contribution in [2.75, 3.05) is 39.6 Å². The van der Waals surface area contributed by atoms with Gasteiger partial charge < -0.3 is 33.8 Å². The molecule has 0 aromatic carbocycles. The molecule has 19 heteroatoms. The Morgan fingerprint density at radius 1 is 0.274 bits per heavy atom. The number of carbonyl (C=O) groups is 4. The molecule has 0 spiro atoms. The number of phosphoric acid groups is 2. The van der Waals surface area contributed by atoms with Crippen molar-refractivity contribution in [1.82, 2.24) is 0 Å². The SMILES string of the molecule is CC/C=C\C/C=C\C/C=C\C/C=C\C/C=C\CCCC(=O)OCC(COP(=O)(O)OCC(O)COP(=O)(O)OCC(COC(=O)CCCCCCCC/C=C\C/C=C\C/C=C\C/C=C\CC)OC(=O)CCCCCCCCCCCCCCCCC)OC(=O)CCCCCCC/C=C\C/C=C\CCCCC. The van der Waals surface area contributed by atoms with Gasteiger partial charge in [0.05, 0.1) is 26.4 Å². The number of allylic oxidation sites excluding steroid dienone is 22. The lowest BCUT2D eigenvalue weighted by Crippen LogP contribution is -2.30. The van der Waals surface area contributed by atoms with Crippen LogP contribution >= 0.6 is 15.6 Å². The van der Waals surface area contributed by atoms with Gasteiger partial charge in [0.15, 0.2) is 12.2 Å². The molecule has 0 heterocycles. The summed E-state index contributed by atoms with van der Waals surface area (Å²) in [5, 5.41) is 10.7. The van der Waals surface area contributed by atoms with Gasteiger partial charge in [-0.2, -0.15) is 0 Å². The zero-order chi connectivity index (χ0) is 77.4. The maximum absolute atomic E-state index is 13.1. The van der Waals surface area contributed by atoms with Crippen LogP contribution in [0.5, 0.6) is 0 Å². The maximum Gasteiger partial charge on any atom is 0.472 e. The minimum atomic E-state index is -5.00. The van der Waals surface area contributed by atoms with E-state index in [4.69, 9.17) is 37.0 Å². The van der Waals surface area contributed by atoms with Gasteiger partial charge >= 0.3 is 39.5 Å². The summed E-state index contributed by atoms with van der Waals surface area (Å²) in [5.74, 6) is -2.26. The van der Waals surface area contributed by atoms with Crippen LogP contribution in [0.1, 0.15) is 336 Å². The summed E-state index contributed by atoms with van der Waals surface area (Å²) in [4.78, 5) is 73.1. The normalized spacial score (nSPS) is 14.5. The molecule has 0 aliphatic heterocycles. The van der Waals surface area contributed by atoms with Gasteiger partial charge in [0.1, 0.15) is 19.3 Å². The molecule has 0 saturated heterocycles. The Labute approximate surface area is 644 Å². The van der Waals surface area contributed by atoms with E-state index < -0.39 is 97.5 Å². The Kier molecular flexibility index (Phi) is 74.8. The lowest BCUT2D eigenvalue weighted by atomic mass is 10.0. The Bertz CT molecular complexity index is 2530. The molecule has 17 nitrogen and oxygen atoms in total. The number of phosphoric ester groups is 2. The van der Waals surface area contributed by atoms with Gasteiger partial charge in [0.2, 0.25) is 0 Å². The average molecular weight is 1530 g/mol. The third-order valence-electron chi connectivity index (χ3n) is 17.1. The van der Waals surface area contributed by atoms with E-state index in [1.165, 1.54) is 83.5 Å². The zero-order valence-electron chi connectivity index (χ0n) is 66.6. The van der Waals surface area contributed by atoms with Crippen LogP contribution in [0, 0.1) is 0 Å². The van der Waals surface area contributed by atoms with Gasteiger partial charge in [-0.1, -0.05) is 309 Å². The lowest BCUT2D eigenvalue weighted by Gasteiger charge is -2.21. The molecule has 0 bridgehead atoms. The van der Waals surface area contributed by atoms with Crippen LogP contribution in [-0.4, -0.2) is 96.7 Å². The summed E-state index contributed by atoms with van der Waals surface area (Å²) in [6.45, 7) is 4.56. The van der Waals surface area contributed by atoms with E-state index in [1.807, 2.05) is 12.2 Å². The number of unbranched alkanes of at least 4 members (excludes halogenated alkanes) is 29. The Morgan fingerprint density at radius 2 is 0.500 bits per heavy atom. The molecule has 106 heavy (non-hydrogen) atoms. The molecular formula is C87H148O17P2. The van der Waals surface area contributed by atoms with E-state index in [0.717, 1.165) is 167 Å². The summed E-state index contributed by atoms with van der Waals surface area (Å²) < 4.78 is 68.7. The van der Waals surface area contributed by atoms with Crippen LogP contribution < -0.4 is 0 Å². The first-order valence-corrected chi connectivity index (χ1v) is 44.4. The number of aliphatic hydroxyl groups is 1. The van der Waals surface area contributed by atoms with Gasteiger partial charge in [-0.3, -0.25) is 37.3 Å². The van der Waals surface area contributed by atoms with Crippen LogP contribution in [0.3, 0.4) is 0 Å². The fourth-order valence-electron chi connectivity index (χ4n) is 10.9. The monoisotopic (exact) mass is 1530 g/mol. The van der Waals surface area contributed by atoms with E-state index in [2.05, 4.69) is 149 Å². The van der Waals surface area contributed by atoms with Gasteiger partial charge in [-0.25, -0.2) is 9.13 Å². The molecule has 5 unspecified atom stereocenters. The van der Waals surface area contributed by atoms with Crippen molar-refractivity contribution in [3.05, 3.63) is 134 Å². The van der Waals surface area contributed by atoms with Gasteiger partial charge in [0, 0.05) is 25.7 Å². The van der Waals surface area contributed by atoms with E-state index in [0.29, 0.717) is 32.1 Å². The number of hydrogen-bond donors (Lipinski definition) is 3. The smallest absolute Gasteiger partial charge is 0.462 e. The Balaban J connectivity index is 5.42. The van der Waals surface area contributed by atoms with Crippen LogP contribution in [0.15, 0.2) is 134 Å². The van der Waals surface area contributed by atoms with Gasteiger partial charge in [0.25, 0.3) is 0 Å². The summed E-state index contributed by atoms with van der Waals surface area (Å²) in [6.07, 6.45) is 88.5. The van der Waals surface area contributed by atoms with Gasteiger partial charge in [-0.05, 0) is 135 Å². The standard InChI is InChI=1S/C87H148O17P2/c1-5-9-13-17-21-25-29-33-37-39-40-42-46-48-52-56-60-64-68-72-85(90)98-78-83(104-87(92)74-70-66-62-58-54-50-44-36-32-28-24-20-16-12-8-4)80-102-106(95,96)100-76-81(88)75-99-105(93,94)101-79-82(103-86(91)73-69-65-61-57-53-49-43-35-31-27-23-19-15-11-7-3)77-97-84(89)71-67-63-59-55-51-47-45-41-38-34-30-26-22-18-14-10-6-2/h9-10,13-14,21-23,25-27,33-35,37-38,40,42-43,45,47,55,59,81-83,88H,5-8,11-12,15-20,24,28-32,36,39,41,44,46,48-54,56-58,60-80H2,1-4H3,(H,93,94)(H,95,96)/b13-9-,14-10-,25-21-,26-22-,27-23-,37-33-,38-34-,42-40-,43-35-,47-45-,59-55-. The predicted molar refractivity (Wildman–Crippen MR) is 436 cm³/mol. The first-order valence-electron chi connectivity index (χ1n) is 41.4. The van der Waals surface area contributed by atoms with Crippen molar-refractivity contribution < 1.29 is 80.2 Å². The molecule has 0 saturated carbocycles. The second kappa shape index (κ2) is 78.3. The summed E-state index contributed by atoms with van der Waals surface area (Å²) in [5.41, 5.74) is 0. The minimum absolute atomic E-state index is 0.0643. The summed E-state index contributed by atoms with van der Waals surface area (Å²) in [7, 11) is -9.99. The zero-order valence-corrected chi connectivity index (χ0v) is 68.4. The third-order valence-corrected chi connectivity index (χ3v) is 19.0. The molecule has 5 atom stereocenters. The molecule has 0 aromatic rings. The first kappa shape index (κ1) is 101. The fraction of sp³-hybridized carbons (Fsp3) is 0.701. The van der Waals surface area contributed by atoms with E-state index in [1.54, 1.807) is 0 Å². The number of carbonyl (C=O) groups excluding carboxylic acids is 4. The third kappa shape index (κ3) is 77.4. The van der Waals surface area contributed by atoms with E-state index >= 15 is 0 Å². The van der Waals surface area contributed by atoms with Crippen LogP contribution in [0.25, 0.3) is 0 Å². The molecule has 0 radical (unpaired) electrons. The lowest BCUT2D eigenvalue weighted by molar-refractivity contribution is -0.161. The molecule has 0 aliphatic rings. The number of hydrogen-bond acceptors (Lipinski definition) is 15. The largest absolute Gasteiger partial charge is 0.472 e. The van der Waals surface area contributed by atoms with Crippen molar-refractivity contribution in [2.45, 2.75) is 354 Å². The van der Waals surface area contributed by atoms with E-state index in [9.17, 15) is 43.2 Å². The van der Waals surface area contributed by atoms with E-state index in [-0.39, 0.29) is 25.7 Å². The van der Waals surface area contributed by atoms with Crippen molar-refractivity contribution in [1.29, 1.82) is 0 Å². The van der Waals surface area contributed by atoms with Gasteiger partial charge in [-0.15, -0.1) is 0 Å². The summed E-state index contributed by atoms with van der Waals surface area (Å²) in [6, 6.07) is 0. The molecule has 0 aliphatic carbocycles. The van der Waals surface area contributed by atoms with Crippen LogP contribution in [0.4, 0.5) is 0 Å². The molecule has 0 rings (SSSR count). The number of aliphatic hydroxyl groups excluding tert-OH is 1. The van der Waals surface area contributed by atoms with Crippen molar-refractivity contribution in [3.63, 3.8) is 0 Å². The molecule has 608 valence electrons. The second-order valence-electron chi connectivity index (χ2n) is 27.3. The Hall–Kier alpha value is -4.80. The predicted octanol–water partition coefficient (Wildman–Crippen LogP) is 24.4. The molecule has 0 aromatic heterocycles. The molecule has 0 amide bonds. The highest BCUT2D eigenvalue weighted by Gasteiger charge is 2.30. The number of rotatable bonds is 77. The highest BCUT2D eigenvalue weighted by atomic mass is 31.2. The molecule has 3 N–H and O–H groups in total. The second-order valence-corrected chi connectivity index (χ2v) is 30.2. The average Bonchev–Trinajstić information content (AvgIpc) is 0.928. The molecular weight excluding hydrogens is 1380 g/mol. The Morgan fingerprint density at radius 3 is 0.811 bits per heavy atom. The highest BCUT2D eigenvalue weighted by molar-refractivity contribution is 7.47. The maximum atomic E-state index is 13.1. The number of ether oxygens (including phenoxy) is 4. The molecule has 0 fully saturated rings. The van der Waals surface area contributed by atoms with Crippen molar-refractivity contribution >= 4 is 39.5 Å². The number of esters is 4. The van der Waals surface area contributed by atoms with Crippen molar-refractivity contribution in [2.24, 2.45) is 0 Å². The first-order chi connectivity index (χ1) is 51.7. The highest BCUT2D eigenvalue weighted by Crippen LogP contribution is 2.45. The van der Waals surface area contributed by atoms with Crippen LogP contribution in [0.2, 0.25) is 0 Å². The summed E-state index contributed by atoms with van der Waals surface area (Å²) >= 11 is 0. The van der Waals surface area contributed by atoms with Crippen molar-refractivity contribution in [3.8, 4) is 0 Å².